The van der Waals surface area contributed by atoms with Crippen molar-refractivity contribution in [1.82, 2.24) is 5.32 Å². The molecular weight excluding hydrogens is 240 g/mol. The maximum absolute atomic E-state index is 11.9. The van der Waals surface area contributed by atoms with Crippen molar-refractivity contribution in [3.8, 4) is 0 Å². The van der Waals surface area contributed by atoms with Gasteiger partial charge in [-0.05, 0) is 53.4 Å². The van der Waals surface area contributed by atoms with E-state index in [0.717, 1.165) is 0 Å². The maximum atomic E-state index is 11.9. The highest BCUT2D eigenvalue weighted by Gasteiger charge is 2.35. The number of nitrogens with two attached hydrogens (primary N) is 1. The second-order valence-corrected chi connectivity index (χ2v) is 7.27. The highest BCUT2D eigenvalue weighted by atomic mass is 16.6. The summed E-state index contributed by atoms with van der Waals surface area (Å²) in [6.07, 6.45) is 5.76. The van der Waals surface area contributed by atoms with Gasteiger partial charge in [-0.1, -0.05) is 19.3 Å². The van der Waals surface area contributed by atoms with Crippen LogP contribution in [0.1, 0.15) is 66.7 Å². The lowest BCUT2D eigenvalue weighted by Gasteiger charge is -2.39. The van der Waals surface area contributed by atoms with Crippen molar-refractivity contribution in [3.05, 3.63) is 0 Å². The first-order chi connectivity index (χ1) is 8.62. The fourth-order valence-corrected chi connectivity index (χ4v) is 2.73. The van der Waals surface area contributed by atoms with E-state index in [1.165, 1.54) is 32.1 Å². The molecule has 0 aliphatic heterocycles. The molecule has 1 atom stereocenters. The lowest BCUT2D eigenvalue weighted by Crippen LogP contribution is -2.59. The Morgan fingerprint density at radius 2 is 1.68 bits per heavy atom. The topological polar surface area (TPSA) is 64.3 Å². The van der Waals surface area contributed by atoms with Crippen LogP contribution in [0, 0.1) is 5.92 Å². The van der Waals surface area contributed by atoms with E-state index in [1.807, 2.05) is 34.6 Å². The molecule has 1 unspecified atom stereocenters. The maximum Gasteiger partial charge on any atom is 0.408 e. The number of carbonyl (C=O) groups excluding carboxylic acids is 1. The van der Waals surface area contributed by atoms with Gasteiger partial charge in [0.15, 0.2) is 0 Å². The van der Waals surface area contributed by atoms with Gasteiger partial charge in [-0.15, -0.1) is 0 Å². The molecule has 1 saturated carbocycles. The van der Waals surface area contributed by atoms with Crippen LogP contribution in [0.4, 0.5) is 4.79 Å². The predicted molar refractivity (Wildman–Crippen MR) is 78.0 cm³/mol. The number of rotatable bonds is 3. The zero-order valence-electron chi connectivity index (χ0n) is 13.1. The molecule has 1 amide bonds. The van der Waals surface area contributed by atoms with Crippen LogP contribution < -0.4 is 11.1 Å². The van der Waals surface area contributed by atoms with Crippen molar-refractivity contribution in [1.29, 1.82) is 0 Å². The second kappa shape index (κ2) is 6.12. The lowest BCUT2D eigenvalue weighted by molar-refractivity contribution is 0.0438. The van der Waals surface area contributed by atoms with Crippen LogP contribution in [0.25, 0.3) is 0 Å². The third kappa shape index (κ3) is 5.39. The second-order valence-electron chi connectivity index (χ2n) is 7.27. The molecular formula is C15H30N2O2. The van der Waals surface area contributed by atoms with E-state index >= 15 is 0 Å². The van der Waals surface area contributed by atoms with Crippen LogP contribution in [0.3, 0.4) is 0 Å². The average molecular weight is 270 g/mol. The zero-order chi connectivity index (χ0) is 14.7. The Labute approximate surface area is 117 Å². The summed E-state index contributed by atoms with van der Waals surface area (Å²) in [5.74, 6) is 0.499. The van der Waals surface area contributed by atoms with E-state index in [0.29, 0.717) is 5.92 Å². The summed E-state index contributed by atoms with van der Waals surface area (Å²) in [6.45, 7) is 9.55. The van der Waals surface area contributed by atoms with Crippen molar-refractivity contribution < 1.29 is 9.53 Å². The molecule has 0 heterocycles. The van der Waals surface area contributed by atoms with Crippen LogP contribution in [0.2, 0.25) is 0 Å². The Hall–Kier alpha value is -0.770. The number of ether oxygens (including phenoxy) is 1. The van der Waals surface area contributed by atoms with Crippen LogP contribution >= 0.6 is 0 Å². The van der Waals surface area contributed by atoms with Crippen molar-refractivity contribution >= 4 is 6.09 Å². The SMILES string of the molecule is CC(C)(C)OC(=O)NC(C)(C)C(N)C1CCCCC1. The standard InChI is InChI=1S/C15H30N2O2/c1-14(2,3)19-13(18)17-15(4,5)12(16)11-9-7-6-8-10-11/h11-12H,6-10,16H2,1-5H3,(H,17,18). The van der Waals surface area contributed by atoms with Gasteiger partial charge >= 0.3 is 6.09 Å². The van der Waals surface area contributed by atoms with Crippen LogP contribution in [0.15, 0.2) is 0 Å². The first-order valence-electron chi connectivity index (χ1n) is 7.38. The first-order valence-corrected chi connectivity index (χ1v) is 7.38. The van der Waals surface area contributed by atoms with Crippen LogP contribution in [-0.2, 0) is 4.74 Å². The van der Waals surface area contributed by atoms with Crippen LogP contribution in [0.5, 0.6) is 0 Å². The van der Waals surface area contributed by atoms with Gasteiger partial charge in [0, 0.05) is 6.04 Å². The fourth-order valence-electron chi connectivity index (χ4n) is 2.73. The normalized spacial score (nSPS) is 19.9. The number of amides is 1. The monoisotopic (exact) mass is 270 g/mol. The summed E-state index contributed by atoms with van der Waals surface area (Å²) in [7, 11) is 0. The molecule has 1 aliphatic carbocycles. The number of carbonyl (C=O) groups is 1. The van der Waals surface area contributed by atoms with Crippen molar-refractivity contribution in [2.45, 2.75) is 83.9 Å². The minimum absolute atomic E-state index is 0.0275. The molecule has 1 rings (SSSR count). The van der Waals surface area contributed by atoms with E-state index in [9.17, 15) is 4.79 Å². The van der Waals surface area contributed by atoms with Gasteiger partial charge in [0.1, 0.15) is 5.60 Å². The molecule has 0 aromatic carbocycles. The Balaban J connectivity index is 2.56. The highest BCUT2D eigenvalue weighted by molar-refractivity contribution is 5.68. The third-order valence-electron chi connectivity index (χ3n) is 3.81. The Morgan fingerprint density at radius 3 is 2.16 bits per heavy atom. The van der Waals surface area contributed by atoms with Crippen LogP contribution in [-0.4, -0.2) is 23.3 Å². The molecule has 0 spiro atoms. The molecule has 4 heteroatoms. The van der Waals surface area contributed by atoms with E-state index in [1.54, 1.807) is 0 Å². The minimum Gasteiger partial charge on any atom is -0.444 e. The van der Waals surface area contributed by atoms with E-state index < -0.39 is 11.1 Å². The van der Waals surface area contributed by atoms with E-state index in [2.05, 4.69) is 5.32 Å². The summed E-state index contributed by atoms with van der Waals surface area (Å²) in [5.41, 5.74) is 5.45. The molecule has 0 saturated heterocycles. The summed E-state index contributed by atoms with van der Waals surface area (Å²) < 4.78 is 5.31. The minimum atomic E-state index is -0.477. The molecule has 1 fully saturated rings. The Kier molecular flexibility index (Phi) is 5.25. The molecule has 4 nitrogen and oxygen atoms in total. The Morgan fingerprint density at radius 1 is 1.16 bits per heavy atom. The largest absolute Gasteiger partial charge is 0.444 e. The van der Waals surface area contributed by atoms with Gasteiger partial charge in [-0.3, -0.25) is 0 Å². The van der Waals surface area contributed by atoms with Gasteiger partial charge in [-0.25, -0.2) is 4.79 Å². The molecule has 19 heavy (non-hydrogen) atoms. The molecule has 112 valence electrons. The number of nitrogens with one attached hydrogen (secondary N) is 1. The molecule has 0 radical (unpaired) electrons. The third-order valence-corrected chi connectivity index (χ3v) is 3.81. The molecule has 0 bridgehead atoms. The van der Waals surface area contributed by atoms with Gasteiger partial charge in [0.25, 0.3) is 0 Å². The highest BCUT2D eigenvalue weighted by Crippen LogP contribution is 2.30. The molecule has 3 N–H and O–H groups in total. The smallest absolute Gasteiger partial charge is 0.408 e. The van der Waals surface area contributed by atoms with Crippen molar-refractivity contribution in [2.24, 2.45) is 11.7 Å². The summed E-state index contributed by atoms with van der Waals surface area (Å²) in [6, 6.07) is -0.0275. The van der Waals surface area contributed by atoms with E-state index in [4.69, 9.17) is 10.5 Å². The van der Waals surface area contributed by atoms with Gasteiger partial charge in [0.05, 0.1) is 5.54 Å². The molecule has 1 aliphatic rings. The zero-order valence-corrected chi connectivity index (χ0v) is 13.1. The van der Waals surface area contributed by atoms with Gasteiger partial charge in [-0.2, -0.15) is 0 Å². The van der Waals surface area contributed by atoms with Gasteiger partial charge < -0.3 is 15.8 Å². The first kappa shape index (κ1) is 16.3. The Bertz CT molecular complexity index is 302. The number of alkyl carbamates (subject to hydrolysis) is 1. The fraction of sp³-hybridized carbons (Fsp3) is 0.933. The summed E-state index contributed by atoms with van der Waals surface area (Å²) >= 11 is 0. The van der Waals surface area contributed by atoms with Crippen molar-refractivity contribution in [2.75, 3.05) is 0 Å². The summed E-state index contributed by atoms with van der Waals surface area (Å²) in [4.78, 5) is 11.9. The quantitative estimate of drug-likeness (QED) is 0.827. The molecule has 0 aromatic heterocycles. The van der Waals surface area contributed by atoms with Crippen molar-refractivity contribution in [3.63, 3.8) is 0 Å². The average Bonchev–Trinajstić information content (AvgIpc) is 2.25. The number of hydrogen-bond acceptors (Lipinski definition) is 3. The van der Waals surface area contributed by atoms with Gasteiger partial charge in [0.2, 0.25) is 0 Å². The van der Waals surface area contributed by atoms with E-state index in [-0.39, 0.29) is 12.1 Å². The molecule has 0 aromatic rings. The summed E-state index contributed by atoms with van der Waals surface area (Å²) in [5, 5.41) is 2.92. The number of hydrogen-bond donors (Lipinski definition) is 2. The predicted octanol–water partition coefficient (Wildman–Crippen LogP) is 3.20. The lowest BCUT2D eigenvalue weighted by atomic mass is 9.77.